The molecule has 7 heteroatoms. The molecule has 1 saturated heterocycles. The minimum absolute atomic E-state index is 0.532. The summed E-state index contributed by atoms with van der Waals surface area (Å²) in [6, 6.07) is 2.08. The second-order valence-corrected chi connectivity index (χ2v) is 6.48. The van der Waals surface area contributed by atoms with Crippen molar-refractivity contribution in [3.8, 4) is 0 Å². The summed E-state index contributed by atoms with van der Waals surface area (Å²) in [7, 11) is 0. The molecule has 0 aliphatic carbocycles. The number of rotatable bonds is 5. The van der Waals surface area contributed by atoms with Gasteiger partial charge in [0.25, 0.3) is 0 Å². The molecule has 0 atom stereocenters. The van der Waals surface area contributed by atoms with E-state index >= 15 is 0 Å². The van der Waals surface area contributed by atoms with Gasteiger partial charge in [0.05, 0.1) is 13.2 Å². The smallest absolute Gasteiger partial charge is 0.225 e. The molecule has 0 aromatic carbocycles. The van der Waals surface area contributed by atoms with Crippen LogP contribution in [0.15, 0.2) is 6.07 Å². The van der Waals surface area contributed by atoms with Crippen molar-refractivity contribution in [3.63, 3.8) is 0 Å². The van der Waals surface area contributed by atoms with Crippen LogP contribution in [0.3, 0.4) is 0 Å². The van der Waals surface area contributed by atoms with E-state index in [1.54, 1.807) is 11.3 Å². The molecule has 0 radical (unpaired) electrons. The van der Waals surface area contributed by atoms with Crippen LogP contribution in [-0.4, -0.2) is 54.3 Å². The monoisotopic (exact) mass is 326 g/mol. The Balaban J connectivity index is 1.63. The van der Waals surface area contributed by atoms with Gasteiger partial charge in [-0.1, -0.05) is 18.5 Å². The topological polar surface area (TPSA) is 50.3 Å². The molecule has 1 aliphatic heterocycles. The van der Waals surface area contributed by atoms with Gasteiger partial charge < -0.3 is 10.1 Å². The normalized spacial score (nSPS) is 16.5. The van der Waals surface area contributed by atoms with E-state index in [1.807, 2.05) is 0 Å². The summed E-state index contributed by atoms with van der Waals surface area (Å²) in [5, 5.41) is 4.76. The van der Waals surface area contributed by atoms with Crippen LogP contribution in [0.25, 0.3) is 10.2 Å². The van der Waals surface area contributed by atoms with Crippen molar-refractivity contribution in [3.05, 3.63) is 16.1 Å². The molecule has 5 nitrogen and oxygen atoms in total. The van der Waals surface area contributed by atoms with Crippen molar-refractivity contribution in [2.75, 3.05) is 44.7 Å². The molecule has 2 aromatic heterocycles. The first-order valence-electron chi connectivity index (χ1n) is 7.26. The SMILES string of the molecule is CCc1cc2c(Cl)nc(NCCN3CCOCC3)nc2s1. The van der Waals surface area contributed by atoms with Crippen LogP contribution in [0.1, 0.15) is 11.8 Å². The molecule has 0 saturated carbocycles. The standard InChI is InChI=1S/C14H19ClN4OS/c1-2-10-9-11-12(15)17-14(18-13(11)21-10)16-3-4-19-5-7-20-8-6-19/h9H,2-8H2,1H3,(H,16,17,18). The van der Waals surface area contributed by atoms with E-state index in [2.05, 4.69) is 33.2 Å². The van der Waals surface area contributed by atoms with Gasteiger partial charge in [-0.05, 0) is 12.5 Å². The maximum Gasteiger partial charge on any atom is 0.225 e. The Hall–Kier alpha value is -0.950. The fourth-order valence-electron chi connectivity index (χ4n) is 2.34. The molecule has 21 heavy (non-hydrogen) atoms. The zero-order valence-electron chi connectivity index (χ0n) is 12.1. The lowest BCUT2D eigenvalue weighted by atomic mass is 10.3. The number of aryl methyl sites for hydroxylation is 1. The second-order valence-electron chi connectivity index (χ2n) is 5.00. The zero-order valence-corrected chi connectivity index (χ0v) is 13.6. The minimum atomic E-state index is 0.532. The average Bonchev–Trinajstić information content (AvgIpc) is 2.92. The molecule has 3 rings (SSSR count). The van der Waals surface area contributed by atoms with Crippen LogP contribution in [0.2, 0.25) is 5.15 Å². The molecule has 114 valence electrons. The lowest BCUT2D eigenvalue weighted by Gasteiger charge is -2.26. The summed E-state index contributed by atoms with van der Waals surface area (Å²) < 4.78 is 5.34. The van der Waals surface area contributed by atoms with Crippen LogP contribution in [0, 0.1) is 0 Å². The highest BCUT2D eigenvalue weighted by molar-refractivity contribution is 7.18. The largest absolute Gasteiger partial charge is 0.379 e. The summed E-state index contributed by atoms with van der Waals surface area (Å²) in [6.45, 7) is 7.54. The number of ether oxygens (including phenoxy) is 1. The van der Waals surface area contributed by atoms with Gasteiger partial charge in [0.15, 0.2) is 0 Å². The highest BCUT2D eigenvalue weighted by Crippen LogP contribution is 2.29. The molecule has 0 bridgehead atoms. The van der Waals surface area contributed by atoms with Crippen LogP contribution in [0.4, 0.5) is 5.95 Å². The Bertz CT molecular complexity index is 612. The summed E-state index contributed by atoms with van der Waals surface area (Å²) in [5.41, 5.74) is 0. The van der Waals surface area contributed by atoms with Gasteiger partial charge >= 0.3 is 0 Å². The van der Waals surface area contributed by atoms with Crippen molar-refractivity contribution in [1.82, 2.24) is 14.9 Å². The Morgan fingerprint density at radius 2 is 2.19 bits per heavy atom. The average molecular weight is 327 g/mol. The molecular weight excluding hydrogens is 308 g/mol. The van der Waals surface area contributed by atoms with E-state index in [1.165, 1.54) is 4.88 Å². The Kier molecular flexibility index (Phi) is 4.90. The number of hydrogen-bond donors (Lipinski definition) is 1. The van der Waals surface area contributed by atoms with Crippen LogP contribution < -0.4 is 5.32 Å². The first-order valence-corrected chi connectivity index (χ1v) is 8.45. The minimum Gasteiger partial charge on any atom is -0.379 e. The van der Waals surface area contributed by atoms with E-state index < -0.39 is 0 Å². The van der Waals surface area contributed by atoms with E-state index in [-0.39, 0.29) is 0 Å². The molecule has 1 fully saturated rings. The molecule has 3 heterocycles. The molecule has 1 aliphatic rings. The third-order valence-corrected chi connectivity index (χ3v) is 5.02. The Morgan fingerprint density at radius 3 is 2.95 bits per heavy atom. The Labute approximate surface area is 133 Å². The number of aromatic nitrogens is 2. The molecule has 0 amide bonds. The molecule has 0 unspecified atom stereocenters. The quantitative estimate of drug-likeness (QED) is 0.856. The van der Waals surface area contributed by atoms with E-state index in [0.29, 0.717) is 11.1 Å². The fourth-order valence-corrected chi connectivity index (χ4v) is 3.59. The van der Waals surface area contributed by atoms with Crippen molar-refractivity contribution in [2.24, 2.45) is 0 Å². The highest BCUT2D eigenvalue weighted by Gasteiger charge is 2.11. The van der Waals surface area contributed by atoms with E-state index in [0.717, 1.165) is 56.0 Å². The number of fused-ring (bicyclic) bond motifs is 1. The third kappa shape index (κ3) is 3.63. The van der Waals surface area contributed by atoms with Gasteiger partial charge in [-0.25, -0.2) is 9.97 Å². The molecule has 1 N–H and O–H groups in total. The maximum absolute atomic E-state index is 6.25. The van der Waals surface area contributed by atoms with E-state index in [9.17, 15) is 0 Å². The van der Waals surface area contributed by atoms with Gasteiger partial charge in [-0.15, -0.1) is 11.3 Å². The highest BCUT2D eigenvalue weighted by atomic mass is 35.5. The first-order chi connectivity index (χ1) is 10.3. The first kappa shape index (κ1) is 15.0. The van der Waals surface area contributed by atoms with Crippen molar-refractivity contribution in [1.29, 1.82) is 0 Å². The summed E-state index contributed by atoms with van der Waals surface area (Å²) in [5.74, 6) is 0.616. The van der Waals surface area contributed by atoms with Gasteiger partial charge in [0.2, 0.25) is 5.95 Å². The summed E-state index contributed by atoms with van der Waals surface area (Å²) in [4.78, 5) is 13.5. The number of anilines is 1. The lowest BCUT2D eigenvalue weighted by Crippen LogP contribution is -2.39. The van der Waals surface area contributed by atoms with Gasteiger partial charge in [-0.2, -0.15) is 0 Å². The number of nitrogens with zero attached hydrogens (tertiary/aromatic N) is 3. The molecular formula is C14H19ClN4OS. The maximum atomic E-state index is 6.25. The van der Waals surface area contributed by atoms with Crippen LogP contribution >= 0.6 is 22.9 Å². The summed E-state index contributed by atoms with van der Waals surface area (Å²) >= 11 is 7.93. The number of nitrogens with one attached hydrogen (secondary N) is 1. The lowest BCUT2D eigenvalue weighted by molar-refractivity contribution is 0.0398. The second kappa shape index (κ2) is 6.87. The molecule has 0 spiro atoms. The van der Waals surface area contributed by atoms with Gasteiger partial charge in [-0.3, -0.25) is 4.90 Å². The van der Waals surface area contributed by atoms with Crippen molar-refractivity contribution >= 4 is 39.1 Å². The zero-order chi connectivity index (χ0) is 14.7. The number of morpholine rings is 1. The number of halogens is 1. The van der Waals surface area contributed by atoms with Gasteiger partial charge in [0.1, 0.15) is 9.98 Å². The fraction of sp³-hybridized carbons (Fsp3) is 0.571. The predicted molar refractivity (Wildman–Crippen MR) is 87.6 cm³/mol. The Morgan fingerprint density at radius 1 is 1.38 bits per heavy atom. The molecule has 2 aromatic rings. The van der Waals surface area contributed by atoms with Crippen LogP contribution in [0.5, 0.6) is 0 Å². The van der Waals surface area contributed by atoms with E-state index in [4.69, 9.17) is 16.3 Å². The third-order valence-electron chi connectivity index (χ3n) is 3.56. The van der Waals surface area contributed by atoms with Crippen molar-refractivity contribution in [2.45, 2.75) is 13.3 Å². The van der Waals surface area contributed by atoms with Crippen LogP contribution in [-0.2, 0) is 11.2 Å². The predicted octanol–water partition coefficient (Wildman–Crippen LogP) is 2.65. The van der Waals surface area contributed by atoms with Gasteiger partial charge in [0, 0.05) is 36.4 Å². The van der Waals surface area contributed by atoms with Crippen molar-refractivity contribution < 1.29 is 4.74 Å². The summed E-state index contributed by atoms with van der Waals surface area (Å²) in [6.07, 6.45) is 0.997. The number of thiophene rings is 1. The number of hydrogen-bond acceptors (Lipinski definition) is 6.